The Labute approximate surface area is 174 Å². The molecule has 1 aromatic rings. The third kappa shape index (κ3) is 5.76. The summed E-state index contributed by atoms with van der Waals surface area (Å²) in [4.78, 5) is 27.5. The summed E-state index contributed by atoms with van der Waals surface area (Å²) in [6, 6.07) is 7.93. The quantitative estimate of drug-likeness (QED) is 0.622. The zero-order valence-corrected chi connectivity index (χ0v) is 19.2. The van der Waals surface area contributed by atoms with Crippen LogP contribution in [-0.4, -0.2) is 35.2 Å². The van der Waals surface area contributed by atoms with Gasteiger partial charge in [0.2, 0.25) is 5.91 Å². The number of thioether (sulfide) groups is 1. The van der Waals surface area contributed by atoms with Crippen LogP contribution in [0.15, 0.2) is 24.3 Å². The van der Waals surface area contributed by atoms with Crippen LogP contribution in [0.3, 0.4) is 0 Å². The number of benzene rings is 1. The van der Waals surface area contributed by atoms with Crippen molar-refractivity contribution < 1.29 is 14.3 Å². The van der Waals surface area contributed by atoms with Gasteiger partial charge in [-0.15, -0.1) is 11.8 Å². The summed E-state index contributed by atoms with van der Waals surface area (Å²) in [5.74, 6) is 0.302. The number of ether oxygens (including phenoxy) is 1. The average Bonchev–Trinajstić information content (AvgIpc) is 3.02. The van der Waals surface area contributed by atoms with E-state index in [-0.39, 0.29) is 28.1 Å². The van der Waals surface area contributed by atoms with Crippen LogP contribution in [-0.2, 0) is 19.7 Å². The van der Waals surface area contributed by atoms with Gasteiger partial charge in [0.1, 0.15) is 11.4 Å². The molecule has 1 aromatic carbocycles. The molecule has 2 rings (SSSR count). The number of amides is 1. The average molecular weight is 406 g/mol. The first kappa shape index (κ1) is 22.8. The van der Waals surface area contributed by atoms with Gasteiger partial charge in [-0.05, 0) is 28.4 Å². The molecule has 1 aliphatic rings. The first-order valence-electron chi connectivity index (χ1n) is 10.1. The molecule has 156 valence electrons. The van der Waals surface area contributed by atoms with Crippen molar-refractivity contribution >= 4 is 23.6 Å². The number of carbonyl (C=O) groups excluding carboxylic acids is 2. The molecular formula is C23H35NO3S. The summed E-state index contributed by atoms with van der Waals surface area (Å²) in [6.07, 6.45) is 1.18. The van der Waals surface area contributed by atoms with E-state index >= 15 is 0 Å². The third-order valence-corrected chi connectivity index (χ3v) is 6.08. The van der Waals surface area contributed by atoms with E-state index < -0.39 is 6.04 Å². The summed E-state index contributed by atoms with van der Waals surface area (Å²) < 4.78 is 5.39. The van der Waals surface area contributed by atoms with Crippen molar-refractivity contribution in [3.8, 4) is 0 Å². The maximum Gasteiger partial charge on any atom is 0.329 e. The number of carbonyl (C=O) groups is 2. The lowest BCUT2D eigenvalue weighted by Gasteiger charge is -2.31. The van der Waals surface area contributed by atoms with Crippen molar-refractivity contribution in [2.24, 2.45) is 5.41 Å². The zero-order chi connectivity index (χ0) is 21.1. The van der Waals surface area contributed by atoms with Crippen LogP contribution >= 0.6 is 11.8 Å². The highest BCUT2D eigenvalue weighted by Crippen LogP contribution is 2.43. The second-order valence-corrected chi connectivity index (χ2v) is 10.9. The summed E-state index contributed by atoms with van der Waals surface area (Å²) in [5.41, 5.74) is 2.26. The van der Waals surface area contributed by atoms with Gasteiger partial charge in [-0.2, -0.15) is 0 Å². The lowest BCUT2D eigenvalue weighted by atomic mass is 9.86. The smallest absolute Gasteiger partial charge is 0.329 e. The molecule has 0 radical (unpaired) electrons. The number of rotatable bonds is 5. The van der Waals surface area contributed by atoms with Gasteiger partial charge in [-0.25, -0.2) is 4.79 Å². The van der Waals surface area contributed by atoms with E-state index in [1.807, 2.05) is 27.7 Å². The van der Waals surface area contributed by atoms with Crippen LogP contribution in [0, 0.1) is 5.41 Å². The van der Waals surface area contributed by atoms with Gasteiger partial charge in [-0.3, -0.25) is 4.79 Å². The van der Waals surface area contributed by atoms with E-state index in [1.165, 1.54) is 5.56 Å². The van der Waals surface area contributed by atoms with Crippen molar-refractivity contribution in [2.75, 3.05) is 12.4 Å². The minimum Gasteiger partial charge on any atom is -0.464 e. The van der Waals surface area contributed by atoms with E-state index in [2.05, 4.69) is 45.0 Å². The van der Waals surface area contributed by atoms with E-state index in [0.29, 0.717) is 18.8 Å². The molecule has 1 heterocycles. The molecule has 5 heteroatoms. The van der Waals surface area contributed by atoms with Crippen LogP contribution < -0.4 is 0 Å². The van der Waals surface area contributed by atoms with E-state index in [4.69, 9.17) is 4.74 Å². The summed E-state index contributed by atoms with van der Waals surface area (Å²) >= 11 is 1.65. The first-order chi connectivity index (χ1) is 12.9. The zero-order valence-electron chi connectivity index (χ0n) is 18.4. The van der Waals surface area contributed by atoms with Gasteiger partial charge >= 0.3 is 5.97 Å². The minimum absolute atomic E-state index is 0.0147. The van der Waals surface area contributed by atoms with Crippen molar-refractivity contribution in [3.63, 3.8) is 0 Å². The molecule has 0 N–H and O–H groups in total. The fraction of sp³-hybridized carbons (Fsp3) is 0.652. The van der Waals surface area contributed by atoms with Crippen molar-refractivity contribution in [3.05, 3.63) is 35.4 Å². The molecule has 4 nitrogen and oxygen atoms in total. The van der Waals surface area contributed by atoms with Crippen molar-refractivity contribution in [1.29, 1.82) is 0 Å². The summed E-state index contributed by atoms with van der Waals surface area (Å²) in [7, 11) is 0. The van der Waals surface area contributed by atoms with Crippen molar-refractivity contribution in [2.45, 2.75) is 78.1 Å². The molecule has 0 bridgehead atoms. The van der Waals surface area contributed by atoms with Crippen LogP contribution in [0.25, 0.3) is 0 Å². The van der Waals surface area contributed by atoms with E-state index in [0.717, 1.165) is 12.0 Å². The molecule has 2 atom stereocenters. The van der Waals surface area contributed by atoms with Crippen LogP contribution in [0.1, 0.15) is 77.8 Å². The molecule has 0 aliphatic carbocycles. The molecule has 0 saturated carbocycles. The predicted molar refractivity (Wildman–Crippen MR) is 116 cm³/mol. The minimum atomic E-state index is -0.515. The Morgan fingerprint density at radius 2 is 1.71 bits per heavy atom. The highest BCUT2D eigenvalue weighted by Gasteiger charge is 2.43. The maximum atomic E-state index is 13.2. The Bertz CT molecular complexity index is 685. The lowest BCUT2D eigenvalue weighted by molar-refractivity contribution is -0.154. The molecular weight excluding hydrogens is 370 g/mol. The van der Waals surface area contributed by atoms with Crippen LogP contribution in [0.5, 0.6) is 0 Å². The Balaban J connectivity index is 2.30. The highest BCUT2D eigenvalue weighted by molar-refractivity contribution is 7.99. The van der Waals surface area contributed by atoms with Gasteiger partial charge < -0.3 is 9.64 Å². The lowest BCUT2D eigenvalue weighted by Crippen LogP contribution is -2.44. The molecule has 2 unspecified atom stereocenters. The Morgan fingerprint density at radius 3 is 2.21 bits per heavy atom. The summed E-state index contributed by atoms with van der Waals surface area (Å²) in [6.45, 7) is 15.1. The number of esters is 1. The summed E-state index contributed by atoms with van der Waals surface area (Å²) in [5, 5.41) is -0.150. The van der Waals surface area contributed by atoms with Crippen molar-refractivity contribution in [1.82, 2.24) is 4.90 Å². The van der Waals surface area contributed by atoms with Crippen LogP contribution in [0.2, 0.25) is 0 Å². The van der Waals surface area contributed by atoms with Gasteiger partial charge in [0.15, 0.2) is 0 Å². The van der Waals surface area contributed by atoms with E-state index in [9.17, 15) is 9.59 Å². The molecule has 1 amide bonds. The normalized spacial score (nSPS) is 20.3. The molecule has 1 aliphatic heterocycles. The van der Waals surface area contributed by atoms with Gasteiger partial charge in [-0.1, -0.05) is 72.7 Å². The largest absolute Gasteiger partial charge is 0.464 e. The molecule has 1 fully saturated rings. The highest BCUT2D eigenvalue weighted by atomic mass is 32.2. The Morgan fingerprint density at radius 1 is 1.11 bits per heavy atom. The Kier molecular flexibility index (Phi) is 7.24. The second kappa shape index (κ2) is 8.89. The molecule has 1 saturated heterocycles. The monoisotopic (exact) mass is 405 g/mol. The number of nitrogens with zero attached hydrogens (tertiary/aromatic N) is 1. The standard InChI is InChI=1S/C23H35NO3S/c1-8-13-27-21(26)18-15-28-20(24(18)19(25)14-22(2,3)4)16-9-11-17(12-10-16)23(5,6)7/h9-12,18,20H,8,13-15H2,1-7H3. The Hall–Kier alpha value is -1.49. The molecule has 0 aromatic heterocycles. The first-order valence-corrected chi connectivity index (χ1v) is 11.2. The number of hydrogen-bond acceptors (Lipinski definition) is 4. The maximum absolute atomic E-state index is 13.2. The fourth-order valence-corrected chi connectivity index (χ4v) is 4.68. The van der Waals surface area contributed by atoms with Gasteiger partial charge in [0, 0.05) is 12.2 Å². The topological polar surface area (TPSA) is 46.6 Å². The molecule has 0 spiro atoms. The fourth-order valence-electron chi connectivity index (χ4n) is 3.24. The third-order valence-electron chi connectivity index (χ3n) is 4.75. The van der Waals surface area contributed by atoms with Gasteiger partial charge in [0.05, 0.1) is 6.61 Å². The SMILES string of the molecule is CCCOC(=O)C1CSC(c2ccc(C(C)(C)C)cc2)N1C(=O)CC(C)(C)C. The molecule has 28 heavy (non-hydrogen) atoms. The van der Waals surface area contributed by atoms with E-state index in [1.54, 1.807) is 16.7 Å². The van der Waals surface area contributed by atoms with Crippen LogP contribution in [0.4, 0.5) is 0 Å². The van der Waals surface area contributed by atoms with Gasteiger partial charge in [0.25, 0.3) is 0 Å². The second-order valence-electron chi connectivity index (χ2n) is 9.78. The number of hydrogen-bond donors (Lipinski definition) is 0. The predicted octanol–water partition coefficient (Wildman–Crippen LogP) is 5.32.